The number of ether oxygens (including phenoxy) is 1. The maximum atomic E-state index is 13.7. The van der Waals surface area contributed by atoms with Crippen LogP contribution >= 0.6 is 0 Å². The smallest absolute Gasteiger partial charge is 0.224 e. The number of hydrogen-bond donors (Lipinski definition) is 1. The van der Waals surface area contributed by atoms with Gasteiger partial charge in [0.25, 0.3) is 0 Å². The van der Waals surface area contributed by atoms with Crippen LogP contribution in [0.15, 0.2) is 48.7 Å². The molecule has 0 unspecified atom stereocenters. The lowest BCUT2D eigenvalue weighted by molar-refractivity contribution is -0.121. The van der Waals surface area contributed by atoms with Gasteiger partial charge in [0, 0.05) is 30.4 Å². The van der Waals surface area contributed by atoms with Gasteiger partial charge in [0.05, 0.1) is 25.3 Å². The second kappa shape index (κ2) is 8.71. The lowest BCUT2D eigenvalue weighted by Crippen LogP contribution is -2.33. The monoisotopic (exact) mass is 415 g/mol. The van der Waals surface area contributed by atoms with Gasteiger partial charge in [-0.3, -0.25) is 9.48 Å². The minimum atomic E-state index is -1.08. The third-order valence-corrected chi connectivity index (χ3v) is 4.98. The summed E-state index contributed by atoms with van der Waals surface area (Å²) in [5.41, 5.74) is 2.45. The number of aromatic nitrogens is 2. The Morgan fingerprint density at radius 2 is 1.90 bits per heavy atom. The van der Waals surface area contributed by atoms with E-state index in [1.165, 1.54) is 0 Å². The standard InChI is InChI=1S/C22H20F3N3O2/c23-16-8-18(24)17(19(25)9-16)10-21(29)26-11-20-22-15(6-7-30-20)13-28(27-22)12-14-4-2-1-3-5-14/h1-5,8-9,13,20H,6-7,10-12H2,(H,26,29)/t20-/m0/s1. The van der Waals surface area contributed by atoms with Crippen molar-refractivity contribution >= 4 is 5.91 Å². The molecule has 156 valence electrons. The van der Waals surface area contributed by atoms with Crippen molar-refractivity contribution in [2.45, 2.75) is 25.5 Å². The van der Waals surface area contributed by atoms with Crippen LogP contribution in [0.3, 0.4) is 0 Å². The summed E-state index contributed by atoms with van der Waals surface area (Å²) in [6.07, 6.45) is 1.72. The van der Waals surface area contributed by atoms with E-state index in [4.69, 9.17) is 4.74 Å². The molecule has 3 aromatic rings. The summed E-state index contributed by atoms with van der Waals surface area (Å²) in [4.78, 5) is 12.2. The van der Waals surface area contributed by atoms with Crippen molar-refractivity contribution in [2.24, 2.45) is 0 Å². The number of halogens is 3. The molecule has 1 N–H and O–H groups in total. The highest BCUT2D eigenvalue weighted by Gasteiger charge is 2.25. The molecule has 5 nitrogen and oxygen atoms in total. The van der Waals surface area contributed by atoms with E-state index in [0.29, 0.717) is 25.3 Å². The van der Waals surface area contributed by atoms with Crippen molar-refractivity contribution in [3.05, 3.63) is 88.5 Å². The summed E-state index contributed by atoms with van der Waals surface area (Å²) in [5.74, 6) is -3.78. The second-order valence-electron chi connectivity index (χ2n) is 7.16. The van der Waals surface area contributed by atoms with E-state index in [0.717, 1.165) is 23.2 Å². The molecule has 1 aromatic heterocycles. The molecule has 0 aliphatic carbocycles. The Morgan fingerprint density at radius 3 is 2.63 bits per heavy atom. The van der Waals surface area contributed by atoms with Gasteiger partial charge in [0.15, 0.2) is 0 Å². The molecule has 0 radical (unpaired) electrons. The van der Waals surface area contributed by atoms with E-state index >= 15 is 0 Å². The Morgan fingerprint density at radius 1 is 1.17 bits per heavy atom. The quantitative estimate of drug-likeness (QED) is 0.672. The SMILES string of the molecule is O=C(Cc1c(F)cc(F)cc1F)NC[C@@H]1OCCc2cn(Cc3ccccc3)nc21. The largest absolute Gasteiger partial charge is 0.370 e. The number of rotatable bonds is 6. The summed E-state index contributed by atoms with van der Waals surface area (Å²) >= 11 is 0. The molecule has 0 bridgehead atoms. The Hall–Kier alpha value is -3.13. The molecule has 1 aliphatic rings. The number of carbonyl (C=O) groups is 1. The van der Waals surface area contributed by atoms with E-state index in [1.807, 2.05) is 41.2 Å². The van der Waals surface area contributed by atoms with Crippen LogP contribution in [0, 0.1) is 17.5 Å². The number of benzene rings is 2. The van der Waals surface area contributed by atoms with E-state index in [2.05, 4.69) is 10.4 Å². The van der Waals surface area contributed by atoms with Gasteiger partial charge in [-0.15, -0.1) is 0 Å². The van der Waals surface area contributed by atoms with Gasteiger partial charge in [0.1, 0.15) is 23.6 Å². The highest BCUT2D eigenvalue weighted by atomic mass is 19.1. The Balaban J connectivity index is 1.40. The zero-order valence-corrected chi connectivity index (χ0v) is 16.1. The molecular weight excluding hydrogens is 395 g/mol. The fourth-order valence-electron chi connectivity index (χ4n) is 3.51. The minimum absolute atomic E-state index is 0.124. The van der Waals surface area contributed by atoms with Gasteiger partial charge in [-0.25, -0.2) is 13.2 Å². The number of nitrogens with one attached hydrogen (secondary N) is 1. The third-order valence-electron chi connectivity index (χ3n) is 4.98. The lowest BCUT2D eigenvalue weighted by atomic mass is 10.1. The Bertz CT molecular complexity index is 1030. The zero-order valence-electron chi connectivity index (χ0n) is 16.1. The van der Waals surface area contributed by atoms with Crippen LogP contribution in [0.2, 0.25) is 0 Å². The fourth-order valence-corrected chi connectivity index (χ4v) is 3.51. The molecule has 8 heteroatoms. The highest BCUT2D eigenvalue weighted by Crippen LogP contribution is 2.25. The first kappa shape index (κ1) is 20.2. The molecule has 1 amide bonds. The summed E-state index contributed by atoms with van der Waals surface area (Å²) < 4.78 is 48.1. The van der Waals surface area contributed by atoms with Crippen LogP contribution in [0.4, 0.5) is 13.2 Å². The fraction of sp³-hybridized carbons (Fsp3) is 0.273. The number of hydrogen-bond acceptors (Lipinski definition) is 3. The highest BCUT2D eigenvalue weighted by molar-refractivity contribution is 5.78. The molecule has 2 heterocycles. The van der Waals surface area contributed by atoms with Crippen molar-refractivity contribution in [2.75, 3.05) is 13.2 Å². The van der Waals surface area contributed by atoms with Gasteiger partial charge < -0.3 is 10.1 Å². The predicted octanol–water partition coefficient (Wildman–Crippen LogP) is 3.32. The van der Waals surface area contributed by atoms with Crippen LogP contribution in [0.25, 0.3) is 0 Å². The zero-order chi connectivity index (χ0) is 21.1. The van der Waals surface area contributed by atoms with Crippen molar-refractivity contribution < 1.29 is 22.7 Å². The summed E-state index contributed by atoms with van der Waals surface area (Å²) in [5, 5.41) is 7.24. The van der Waals surface area contributed by atoms with Gasteiger partial charge in [-0.05, 0) is 17.5 Å². The number of nitrogens with zero attached hydrogens (tertiary/aromatic N) is 2. The van der Waals surface area contributed by atoms with Crippen molar-refractivity contribution in [3.63, 3.8) is 0 Å². The summed E-state index contributed by atoms with van der Waals surface area (Å²) in [6, 6.07) is 11.0. The topological polar surface area (TPSA) is 56.1 Å². The second-order valence-corrected chi connectivity index (χ2v) is 7.16. The maximum absolute atomic E-state index is 13.7. The summed E-state index contributed by atoms with van der Waals surface area (Å²) in [7, 11) is 0. The van der Waals surface area contributed by atoms with Crippen molar-refractivity contribution in [1.82, 2.24) is 15.1 Å². The average molecular weight is 415 g/mol. The number of amides is 1. The van der Waals surface area contributed by atoms with Crippen LogP contribution < -0.4 is 5.32 Å². The first-order valence-corrected chi connectivity index (χ1v) is 9.61. The molecule has 1 aliphatic heterocycles. The predicted molar refractivity (Wildman–Crippen MR) is 103 cm³/mol. The Labute approximate surface area is 171 Å². The molecule has 2 aromatic carbocycles. The lowest BCUT2D eigenvalue weighted by Gasteiger charge is -2.22. The number of carbonyl (C=O) groups excluding carboxylic acids is 1. The molecule has 30 heavy (non-hydrogen) atoms. The Kier molecular flexibility index (Phi) is 5.85. The van der Waals surface area contributed by atoms with Gasteiger partial charge in [-0.1, -0.05) is 30.3 Å². The first-order chi connectivity index (χ1) is 14.5. The average Bonchev–Trinajstić information content (AvgIpc) is 3.13. The van der Waals surface area contributed by atoms with E-state index in [9.17, 15) is 18.0 Å². The summed E-state index contributed by atoms with van der Waals surface area (Å²) in [6.45, 7) is 1.24. The van der Waals surface area contributed by atoms with Crippen LogP contribution in [0.5, 0.6) is 0 Å². The third kappa shape index (κ3) is 4.54. The molecule has 0 spiro atoms. The van der Waals surface area contributed by atoms with Gasteiger partial charge in [-0.2, -0.15) is 5.10 Å². The van der Waals surface area contributed by atoms with E-state index in [-0.39, 0.29) is 6.54 Å². The first-order valence-electron chi connectivity index (χ1n) is 9.61. The molecule has 4 rings (SSSR count). The van der Waals surface area contributed by atoms with Crippen LogP contribution in [0.1, 0.15) is 28.5 Å². The van der Waals surface area contributed by atoms with E-state index < -0.39 is 41.4 Å². The molecule has 1 atom stereocenters. The van der Waals surface area contributed by atoms with Crippen LogP contribution in [-0.4, -0.2) is 28.8 Å². The van der Waals surface area contributed by atoms with E-state index in [1.54, 1.807) is 0 Å². The minimum Gasteiger partial charge on any atom is -0.370 e. The number of fused-ring (bicyclic) bond motifs is 1. The maximum Gasteiger partial charge on any atom is 0.224 e. The molecular formula is C22H20F3N3O2. The van der Waals surface area contributed by atoms with Crippen molar-refractivity contribution in [1.29, 1.82) is 0 Å². The molecule has 0 saturated heterocycles. The molecule has 0 fully saturated rings. The van der Waals surface area contributed by atoms with Crippen molar-refractivity contribution in [3.8, 4) is 0 Å². The molecule has 0 saturated carbocycles. The van der Waals surface area contributed by atoms with Gasteiger partial charge in [0.2, 0.25) is 5.91 Å². The van der Waals surface area contributed by atoms with Crippen LogP contribution in [-0.2, 0) is 28.9 Å². The normalized spacial score (nSPS) is 15.6. The van der Waals surface area contributed by atoms with Gasteiger partial charge >= 0.3 is 0 Å².